The number of alkyl halides is 2. The van der Waals surface area contributed by atoms with Crippen molar-refractivity contribution >= 4 is 17.7 Å². The molecule has 24 heavy (non-hydrogen) atoms. The molecule has 0 aromatic heterocycles. The monoisotopic (exact) mass is 353 g/mol. The molecule has 1 atom stereocenters. The molecule has 0 bridgehead atoms. The maximum atomic E-state index is 13.8. The highest BCUT2D eigenvalue weighted by atomic mass is 32.2. The van der Waals surface area contributed by atoms with Gasteiger partial charge in [-0.15, -0.1) is 11.8 Å². The van der Waals surface area contributed by atoms with E-state index in [1.54, 1.807) is 12.1 Å². The minimum absolute atomic E-state index is 0.0111. The highest BCUT2D eigenvalue weighted by molar-refractivity contribution is 7.99. The third kappa shape index (κ3) is 3.67. The summed E-state index contributed by atoms with van der Waals surface area (Å²) in [6.45, 7) is -2.91. The maximum Gasteiger partial charge on any atom is 0.387 e. The van der Waals surface area contributed by atoms with Crippen LogP contribution in [0.15, 0.2) is 47.4 Å². The Morgan fingerprint density at radius 2 is 1.96 bits per heavy atom. The first-order valence-corrected chi connectivity index (χ1v) is 8.30. The fraction of sp³-hybridized carbons (Fsp3) is 0.235. The summed E-state index contributed by atoms with van der Waals surface area (Å²) < 4.78 is 42.3. The highest BCUT2D eigenvalue weighted by Crippen LogP contribution is 2.37. The fourth-order valence-electron chi connectivity index (χ4n) is 2.57. The van der Waals surface area contributed by atoms with Crippen molar-refractivity contribution in [1.82, 2.24) is 5.32 Å². The molecule has 2 aromatic rings. The van der Waals surface area contributed by atoms with Crippen molar-refractivity contribution in [3.05, 3.63) is 59.4 Å². The number of carbonyl (C=O) groups excluding carboxylic acids is 1. The normalized spacial score (nSPS) is 16.6. The Bertz CT molecular complexity index is 737. The molecule has 3 nitrogen and oxygen atoms in total. The molecule has 126 valence electrons. The van der Waals surface area contributed by atoms with Gasteiger partial charge in [0, 0.05) is 16.2 Å². The number of ether oxygens (including phenoxy) is 1. The van der Waals surface area contributed by atoms with E-state index in [9.17, 15) is 18.0 Å². The summed E-state index contributed by atoms with van der Waals surface area (Å²) >= 11 is 1.44. The molecule has 3 rings (SSSR count). The average Bonchev–Trinajstić information content (AvgIpc) is 2.56. The van der Waals surface area contributed by atoms with Crippen LogP contribution >= 0.6 is 11.8 Å². The molecule has 1 amide bonds. The molecule has 0 radical (unpaired) electrons. The molecule has 0 fully saturated rings. The van der Waals surface area contributed by atoms with E-state index in [1.807, 2.05) is 0 Å². The van der Waals surface area contributed by atoms with E-state index in [0.29, 0.717) is 22.6 Å². The quantitative estimate of drug-likeness (QED) is 0.886. The van der Waals surface area contributed by atoms with Crippen molar-refractivity contribution in [2.24, 2.45) is 0 Å². The van der Waals surface area contributed by atoms with Gasteiger partial charge in [0.25, 0.3) is 5.91 Å². The number of thioether (sulfide) groups is 1. The van der Waals surface area contributed by atoms with Gasteiger partial charge in [-0.05, 0) is 42.3 Å². The number of benzene rings is 2. The van der Waals surface area contributed by atoms with Crippen LogP contribution in [0.25, 0.3) is 0 Å². The van der Waals surface area contributed by atoms with E-state index in [2.05, 4.69) is 10.1 Å². The fourth-order valence-corrected chi connectivity index (χ4v) is 3.71. The number of carbonyl (C=O) groups is 1. The Morgan fingerprint density at radius 3 is 2.67 bits per heavy atom. The zero-order chi connectivity index (χ0) is 17.1. The zero-order valence-corrected chi connectivity index (χ0v) is 13.3. The van der Waals surface area contributed by atoms with Crippen LogP contribution in [0, 0.1) is 5.82 Å². The summed E-state index contributed by atoms with van der Waals surface area (Å²) in [5.41, 5.74) is 1.09. The second kappa shape index (κ2) is 7.17. The summed E-state index contributed by atoms with van der Waals surface area (Å²) in [6, 6.07) is 9.99. The van der Waals surface area contributed by atoms with Crippen molar-refractivity contribution in [1.29, 1.82) is 0 Å². The van der Waals surface area contributed by atoms with E-state index in [1.165, 1.54) is 42.1 Å². The molecular formula is C17H14F3NO2S. The molecule has 7 heteroatoms. The summed E-state index contributed by atoms with van der Waals surface area (Å²) in [7, 11) is 0. The lowest BCUT2D eigenvalue weighted by molar-refractivity contribution is -0.0498. The van der Waals surface area contributed by atoms with Crippen LogP contribution in [0.4, 0.5) is 13.2 Å². The zero-order valence-electron chi connectivity index (χ0n) is 12.5. The Balaban J connectivity index is 1.73. The number of hydrogen-bond donors (Lipinski definition) is 1. The second-order valence-corrected chi connectivity index (χ2v) is 6.33. The number of fused-ring (bicyclic) bond motifs is 1. The third-order valence-corrected chi connectivity index (χ3v) is 4.83. The smallest absolute Gasteiger partial charge is 0.387 e. The van der Waals surface area contributed by atoms with Gasteiger partial charge in [0.15, 0.2) is 0 Å². The van der Waals surface area contributed by atoms with Crippen molar-refractivity contribution in [3.8, 4) is 5.75 Å². The van der Waals surface area contributed by atoms with Gasteiger partial charge in [0.1, 0.15) is 11.6 Å². The Morgan fingerprint density at radius 1 is 1.21 bits per heavy atom. The van der Waals surface area contributed by atoms with Crippen molar-refractivity contribution in [2.45, 2.75) is 24.0 Å². The first-order chi connectivity index (χ1) is 11.5. The Hall–Kier alpha value is -2.15. The average molecular weight is 353 g/mol. The lowest BCUT2D eigenvalue weighted by Crippen LogP contribution is -2.30. The Kier molecular flexibility index (Phi) is 4.99. The van der Waals surface area contributed by atoms with Crippen LogP contribution in [-0.2, 0) is 0 Å². The van der Waals surface area contributed by atoms with Crippen molar-refractivity contribution < 1.29 is 22.7 Å². The van der Waals surface area contributed by atoms with Gasteiger partial charge in [0.2, 0.25) is 0 Å². The third-order valence-electron chi connectivity index (χ3n) is 3.67. The predicted molar refractivity (Wildman–Crippen MR) is 85.0 cm³/mol. The number of amides is 1. The first-order valence-electron chi connectivity index (χ1n) is 7.31. The van der Waals surface area contributed by atoms with E-state index in [-0.39, 0.29) is 23.5 Å². The van der Waals surface area contributed by atoms with E-state index in [0.717, 1.165) is 5.56 Å². The van der Waals surface area contributed by atoms with Crippen molar-refractivity contribution in [3.63, 3.8) is 0 Å². The minimum atomic E-state index is -2.91. The molecule has 1 heterocycles. The second-order valence-electron chi connectivity index (χ2n) is 5.22. The van der Waals surface area contributed by atoms with Gasteiger partial charge < -0.3 is 10.1 Å². The molecule has 1 aliphatic heterocycles. The van der Waals surface area contributed by atoms with Gasteiger partial charge >= 0.3 is 6.61 Å². The van der Waals surface area contributed by atoms with Gasteiger partial charge in [-0.1, -0.05) is 12.1 Å². The lowest BCUT2D eigenvalue weighted by atomic mass is 10.0. The summed E-state index contributed by atoms with van der Waals surface area (Å²) in [6.07, 6.45) is 0.694. The van der Waals surface area contributed by atoms with Gasteiger partial charge in [0.05, 0.1) is 6.04 Å². The van der Waals surface area contributed by atoms with Gasteiger partial charge in [-0.25, -0.2) is 4.39 Å². The van der Waals surface area contributed by atoms with Crippen molar-refractivity contribution in [2.75, 3.05) is 5.75 Å². The highest BCUT2D eigenvalue weighted by Gasteiger charge is 2.24. The van der Waals surface area contributed by atoms with Crippen LogP contribution in [0.5, 0.6) is 5.75 Å². The van der Waals surface area contributed by atoms with Crippen LogP contribution in [0.3, 0.4) is 0 Å². The van der Waals surface area contributed by atoms with Crippen LogP contribution in [0.2, 0.25) is 0 Å². The largest absolute Gasteiger partial charge is 0.435 e. The summed E-state index contributed by atoms with van der Waals surface area (Å²) in [5.74, 6) is 0.0683. The van der Waals surface area contributed by atoms with Crippen LogP contribution in [0.1, 0.15) is 28.4 Å². The van der Waals surface area contributed by atoms with Gasteiger partial charge in [-0.3, -0.25) is 4.79 Å². The molecule has 0 unspecified atom stereocenters. The molecule has 0 saturated heterocycles. The molecule has 2 aromatic carbocycles. The molecular weight excluding hydrogens is 339 g/mol. The predicted octanol–water partition coefficient (Wildman–Crippen LogP) is 4.39. The van der Waals surface area contributed by atoms with E-state index in [4.69, 9.17) is 0 Å². The number of hydrogen-bond acceptors (Lipinski definition) is 3. The molecule has 1 aliphatic rings. The Labute approximate surface area is 141 Å². The minimum Gasteiger partial charge on any atom is -0.435 e. The SMILES string of the molecule is O=C(N[C@@H]1CCSc2c(F)cccc21)c1ccc(OC(F)F)cc1. The molecule has 0 aliphatic carbocycles. The number of halogens is 3. The van der Waals surface area contributed by atoms with E-state index >= 15 is 0 Å². The number of nitrogens with one attached hydrogen (secondary N) is 1. The van der Waals surface area contributed by atoms with Crippen LogP contribution < -0.4 is 10.1 Å². The summed E-state index contributed by atoms with van der Waals surface area (Å²) in [5, 5.41) is 2.87. The molecule has 0 saturated carbocycles. The first kappa shape index (κ1) is 16.7. The van der Waals surface area contributed by atoms with Gasteiger partial charge in [-0.2, -0.15) is 8.78 Å². The summed E-state index contributed by atoms with van der Waals surface area (Å²) in [4.78, 5) is 12.9. The standard InChI is InChI=1S/C17H14F3NO2S/c18-13-3-1-2-12-14(8-9-24-15(12)13)21-16(22)10-4-6-11(7-5-10)23-17(19)20/h1-7,14,17H,8-9H2,(H,21,22)/t14-/m1/s1. The lowest BCUT2D eigenvalue weighted by Gasteiger charge is -2.26. The molecule has 0 spiro atoms. The molecule has 1 N–H and O–H groups in total. The van der Waals surface area contributed by atoms with E-state index < -0.39 is 6.61 Å². The maximum absolute atomic E-state index is 13.8. The number of rotatable bonds is 4. The topological polar surface area (TPSA) is 38.3 Å². The van der Waals surface area contributed by atoms with Crippen LogP contribution in [-0.4, -0.2) is 18.3 Å².